The van der Waals surface area contributed by atoms with E-state index in [0.717, 1.165) is 28.4 Å². The molecule has 1 fully saturated rings. The maximum absolute atomic E-state index is 12.7. The fraction of sp³-hybridized carbons (Fsp3) is 0.300. The summed E-state index contributed by atoms with van der Waals surface area (Å²) in [4.78, 5) is 26.1. The highest BCUT2D eigenvalue weighted by molar-refractivity contribution is 9.10. The number of hydrogen-bond acceptors (Lipinski definition) is 3. The summed E-state index contributed by atoms with van der Waals surface area (Å²) in [6.07, 6.45) is 0.990. The van der Waals surface area contributed by atoms with Crippen LogP contribution in [0, 0.1) is 6.92 Å². The van der Waals surface area contributed by atoms with E-state index in [-0.39, 0.29) is 12.6 Å². The van der Waals surface area contributed by atoms with Crippen molar-refractivity contribution in [1.82, 2.24) is 4.90 Å². The van der Waals surface area contributed by atoms with Crippen LogP contribution in [-0.2, 0) is 16.1 Å². The van der Waals surface area contributed by atoms with Crippen LogP contribution in [0.25, 0.3) is 0 Å². The molecule has 0 bridgehead atoms. The van der Waals surface area contributed by atoms with E-state index in [1.54, 1.807) is 18.2 Å². The molecule has 1 atom stereocenters. The van der Waals surface area contributed by atoms with Gasteiger partial charge in [0.25, 0.3) is 0 Å². The number of carbonyl (C=O) groups is 2. The van der Waals surface area contributed by atoms with E-state index in [0.29, 0.717) is 5.56 Å². The molecule has 1 amide bonds. The summed E-state index contributed by atoms with van der Waals surface area (Å²) < 4.78 is 6.31. The molecule has 6 heteroatoms. The molecule has 1 unspecified atom stereocenters. The molecule has 1 N–H and O–H groups in total. The number of hydrogen-bond donors (Lipinski definition) is 1. The quantitative estimate of drug-likeness (QED) is 0.740. The van der Waals surface area contributed by atoms with Gasteiger partial charge in [-0.2, -0.15) is 0 Å². The molecule has 1 aliphatic rings. The first-order valence-electron chi connectivity index (χ1n) is 8.45. The minimum absolute atomic E-state index is 0.0941. The lowest BCUT2D eigenvalue weighted by Gasteiger charge is -2.29. The highest BCUT2D eigenvalue weighted by atomic mass is 79.9. The zero-order valence-electron chi connectivity index (χ0n) is 14.4. The molecule has 0 aliphatic heterocycles. The number of carbonyl (C=O) groups excluding carboxylic acids is 1. The van der Waals surface area contributed by atoms with Crippen LogP contribution in [0.2, 0.25) is 0 Å². The second-order valence-electron chi connectivity index (χ2n) is 6.43. The van der Waals surface area contributed by atoms with Crippen LogP contribution >= 0.6 is 15.9 Å². The molecule has 2 aromatic carbocycles. The minimum atomic E-state index is -1.06. The van der Waals surface area contributed by atoms with Crippen LogP contribution < -0.4 is 0 Å². The second-order valence-corrected chi connectivity index (χ2v) is 7.28. The lowest BCUT2D eigenvalue weighted by Crippen LogP contribution is -2.41. The summed E-state index contributed by atoms with van der Waals surface area (Å²) in [6, 6.07) is 13.5. The van der Waals surface area contributed by atoms with E-state index < -0.39 is 18.1 Å². The Labute approximate surface area is 160 Å². The third-order valence-corrected chi connectivity index (χ3v) is 5.26. The van der Waals surface area contributed by atoms with Crippen molar-refractivity contribution in [2.45, 2.75) is 38.5 Å². The molecule has 1 saturated carbocycles. The van der Waals surface area contributed by atoms with Gasteiger partial charge >= 0.3 is 12.1 Å². The molecule has 0 heterocycles. The molecular weight excluding hydrogens is 398 g/mol. The van der Waals surface area contributed by atoms with Gasteiger partial charge in [-0.15, -0.1) is 0 Å². The Balaban J connectivity index is 1.82. The Morgan fingerprint density at radius 1 is 1.23 bits per heavy atom. The van der Waals surface area contributed by atoms with Gasteiger partial charge in [-0.3, -0.25) is 4.90 Å². The number of aliphatic carboxylic acids is 1. The maximum atomic E-state index is 12.7. The molecular formula is C20H20BrNO4. The van der Waals surface area contributed by atoms with Crippen LogP contribution in [0.4, 0.5) is 4.79 Å². The summed E-state index contributed by atoms with van der Waals surface area (Å²) >= 11 is 3.42. The number of carboxylic acids is 1. The number of nitrogens with zero attached hydrogens (tertiary/aromatic N) is 1. The van der Waals surface area contributed by atoms with E-state index in [2.05, 4.69) is 15.9 Å². The maximum Gasteiger partial charge on any atom is 0.411 e. The van der Waals surface area contributed by atoms with E-state index in [9.17, 15) is 14.7 Å². The SMILES string of the molecule is Cc1cc(C(C(=O)O)N(C(=O)OCc2ccccc2)C2CC2)ccc1Br. The first-order valence-corrected chi connectivity index (χ1v) is 9.24. The molecule has 0 spiro atoms. The number of amides is 1. The summed E-state index contributed by atoms with van der Waals surface area (Å²) in [5, 5.41) is 9.81. The summed E-state index contributed by atoms with van der Waals surface area (Å²) in [6.45, 7) is 2.01. The Bertz CT molecular complexity index is 805. The van der Waals surface area contributed by atoms with Crippen molar-refractivity contribution in [3.05, 3.63) is 69.7 Å². The number of halogens is 1. The highest BCUT2D eigenvalue weighted by Crippen LogP contribution is 2.36. The standard InChI is InChI=1S/C20H20BrNO4/c1-13-11-15(7-10-17(13)21)18(19(23)24)22(16-8-9-16)20(25)26-12-14-5-3-2-4-6-14/h2-7,10-11,16,18H,8-9,12H2,1H3,(H,23,24). The number of rotatable bonds is 6. The van der Waals surface area contributed by atoms with E-state index in [4.69, 9.17) is 4.74 Å². The molecule has 0 aromatic heterocycles. The fourth-order valence-electron chi connectivity index (χ4n) is 2.87. The fourth-order valence-corrected chi connectivity index (χ4v) is 3.12. The Morgan fingerprint density at radius 2 is 1.92 bits per heavy atom. The van der Waals surface area contributed by atoms with Gasteiger partial charge in [-0.1, -0.05) is 58.4 Å². The molecule has 26 heavy (non-hydrogen) atoms. The third kappa shape index (κ3) is 4.25. The van der Waals surface area contributed by atoms with Crippen LogP contribution in [0.15, 0.2) is 53.0 Å². The van der Waals surface area contributed by atoms with Crippen LogP contribution in [0.5, 0.6) is 0 Å². The molecule has 1 aliphatic carbocycles. The minimum Gasteiger partial charge on any atom is -0.479 e. The number of ether oxygens (including phenoxy) is 1. The topological polar surface area (TPSA) is 66.8 Å². The van der Waals surface area contributed by atoms with Gasteiger partial charge in [0.15, 0.2) is 6.04 Å². The van der Waals surface area contributed by atoms with Gasteiger partial charge in [-0.05, 0) is 42.5 Å². The van der Waals surface area contributed by atoms with E-state index in [1.165, 1.54) is 4.90 Å². The van der Waals surface area contributed by atoms with Crippen molar-refractivity contribution < 1.29 is 19.4 Å². The highest BCUT2D eigenvalue weighted by Gasteiger charge is 2.42. The smallest absolute Gasteiger partial charge is 0.411 e. The van der Waals surface area contributed by atoms with Gasteiger partial charge in [-0.25, -0.2) is 9.59 Å². The van der Waals surface area contributed by atoms with Crippen molar-refractivity contribution in [3.8, 4) is 0 Å². The van der Waals surface area contributed by atoms with Gasteiger partial charge in [0.1, 0.15) is 6.61 Å². The molecule has 136 valence electrons. The summed E-state index contributed by atoms with van der Waals surface area (Å²) in [7, 11) is 0. The van der Waals surface area contributed by atoms with Gasteiger partial charge in [0.2, 0.25) is 0 Å². The van der Waals surface area contributed by atoms with Crippen molar-refractivity contribution >= 4 is 28.0 Å². The molecule has 2 aromatic rings. The second kappa shape index (κ2) is 7.91. The molecule has 0 radical (unpaired) electrons. The predicted octanol–water partition coefficient (Wildman–Crippen LogP) is 4.68. The van der Waals surface area contributed by atoms with Gasteiger partial charge in [0, 0.05) is 10.5 Å². The van der Waals surface area contributed by atoms with E-state index >= 15 is 0 Å². The lowest BCUT2D eigenvalue weighted by atomic mass is 10.0. The predicted molar refractivity (Wildman–Crippen MR) is 101 cm³/mol. The van der Waals surface area contributed by atoms with Crippen molar-refractivity contribution in [3.63, 3.8) is 0 Å². The number of carboxylic acid groups (broad SMARTS) is 1. The number of aryl methyl sites for hydroxylation is 1. The average molecular weight is 418 g/mol. The largest absolute Gasteiger partial charge is 0.479 e. The molecule has 5 nitrogen and oxygen atoms in total. The van der Waals surface area contributed by atoms with Crippen LogP contribution in [-0.4, -0.2) is 28.1 Å². The van der Waals surface area contributed by atoms with E-state index in [1.807, 2.05) is 37.3 Å². The zero-order chi connectivity index (χ0) is 18.7. The Kier molecular flexibility index (Phi) is 5.61. The van der Waals surface area contributed by atoms with Crippen LogP contribution in [0.1, 0.15) is 35.6 Å². The van der Waals surface area contributed by atoms with Gasteiger partial charge < -0.3 is 9.84 Å². The van der Waals surface area contributed by atoms with Crippen molar-refractivity contribution in [1.29, 1.82) is 0 Å². The normalized spacial score (nSPS) is 14.5. The summed E-state index contributed by atoms with van der Waals surface area (Å²) in [5.41, 5.74) is 2.35. The summed E-state index contributed by atoms with van der Waals surface area (Å²) in [5.74, 6) is -1.06. The van der Waals surface area contributed by atoms with Crippen molar-refractivity contribution in [2.24, 2.45) is 0 Å². The Morgan fingerprint density at radius 3 is 2.50 bits per heavy atom. The van der Waals surface area contributed by atoms with Crippen LogP contribution in [0.3, 0.4) is 0 Å². The molecule has 0 saturated heterocycles. The lowest BCUT2D eigenvalue weighted by molar-refractivity contribution is -0.143. The average Bonchev–Trinajstić information content (AvgIpc) is 3.45. The zero-order valence-corrected chi connectivity index (χ0v) is 16.0. The third-order valence-electron chi connectivity index (χ3n) is 4.37. The monoisotopic (exact) mass is 417 g/mol. The number of benzene rings is 2. The molecule has 3 rings (SSSR count). The van der Waals surface area contributed by atoms with Gasteiger partial charge in [0.05, 0.1) is 0 Å². The first-order chi connectivity index (χ1) is 12.5. The van der Waals surface area contributed by atoms with Crippen molar-refractivity contribution in [2.75, 3.05) is 0 Å². The first kappa shape index (κ1) is 18.5. The Hall–Kier alpha value is -2.34.